The van der Waals surface area contributed by atoms with E-state index in [2.05, 4.69) is 34.1 Å². The van der Waals surface area contributed by atoms with Gasteiger partial charge in [-0.1, -0.05) is 18.6 Å². The van der Waals surface area contributed by atoms with Crippen molar-refractivity contribution in [1.29, 1.82) is 0 Å². The average molecular weight is 302 g/mol. The van der Waals surface area contributed by atoms with Gasteiger partial charge in [0, 0.05) is 12.6 Å². The molecule has 0 aromatic heterocycles. The molecule has 2 saturated heterocycles. The van der Waals surface area contributed by atoms with Crippen LogP contribution < -0.4 is 4.74 Å². The van der Waals surface area contributed by atoms with E-state index in [1.54, 1.807) is 0 Å². The van der Waals surface area contributed by atoms with Gasteiger partial charge in [-0.15, -0.1) is 0 Å². The zero-order valence-electron chi connectivity index (χ0n) is 14.0. The second kappa shape index (κ2) is 7.98. The van der Waals surface area contributed by atoms with Gasteiger partial charge in [0.2, 0.25) is 0 Å². The number of nitrogens with zero attached hydrogens (tertiary/aromatic N) is 2. The molecule has 0 N–H and O–H groups in total. The summed E-state index contributed by atoms with van der Waals surface area (Å²) in [6.45, 7) is 9.01. The first-order valence-corrected chi connectivity index (χ1v) is 9.03. The second-order valence-electron chi connectivity index (χ2n) is 6.68. The predicted molar refractivity (Wildman–Crippen MR) is 91.3 cm³/mol. The highest BCUT2D eigenvalue weighted by Crippen LogP contribution is 2.22. The van der Waals surface area contributed by atoms with E-state index >= 15 is 0 Å². The molecule has 0 bridgehead atoms. The van der Waals surface area contributed by atoms with Crippen LogP contribution in [0, 0.1) is 0 Å². The Hall–Kier alpha value is -1.06. The minimum absolute atomic E-state index is 0.739. The Labute approximate surface area is 135 Å². The molecule has 0 amide bonds. The number of benzene rings is 1. The molecular weight excluding hydrogens is 272 g/mol. The van der Waals surface area contributed by atoms with Gasteiger partial charge >= 0.3 is 0 Å². The minimum atomic E-state index is 0.739. The molecule has 122 valence electrons. The van der Waals surface area contributed by atoms with Gasteiger partial charge in [0.25, 0.3) is 0 Å². The van der Waals surface area contributed by atoms with Gasteiger partial charge in [-0.25, -0.2) is 0 Å². The van der Waals surface area contributed by atoms with E-state index < -0.39 is 0 Å². The monoisotopic (exact) mass is 302 g/mol. The Morgan fingerprint density at radius 3 is 2.27 bits per heavy atom. The summed E-state index contributed by atoms with van der Waals surface area (Å²) in [6.07, 6.45) is 6.94. The van der Waals surface area contributed by atoms with Crippen LogP contribution in [0.2, 0.25) is 0 Å². The molecule has 1 aromatic carbocycles. The van der Waals surface area contributed by atoms with Crippen LogP contribution in [-0.4, -0.2) is 48.6 Å². The van der Waals surface area contributed by atoms with Gasteiger partial charge in [-0.2, -0.15) is 0 Å². The first kappa shape index (κ1) is 15.8. The van der Waals surface area contributed by atoms with Crippen LogP contribution in [-0.2, 0) is 6.54 Å². The molecule has 0 aliphatic carbocycles. The Morgan fingerprint density at radius 1 is 0.955 bits per heavy atom. The Morgan fingerprint density at radius 2 is 1.64 bits per heavy atom. The molecule has 0 unspecified atom stereocenters. The lowest BCUT2D eigenvalue weighted by molar-refractivity contribution is 0.0896. The summed E-state index contributed by atoms with van der Waals surface area (Å²) in [7, 11) is 0. The molecule has 2 heterocycles. The van der Waals surface area contributed by atoms with E-state index in [0.29, 0.717) is 0 Å². The predicted octanol–water partition coefficient (Wildman–Crippen LogP) is 3.54. The highest BCUT2D eigenvalue weighted by Gasteiger charge is 2.25. The maximum atomic E-state index is 5.51. The lowest BCUT2D eigenvalue weighted by Gasteiger charge is -2.40. The first-order valence-electron chi connectivity index (χ1n) is 9.03. The van der Waals surface area contributed by atoms with E-state index in [1.165, 1.54) is 63.8 Å². The number of rotatable bonds is 5. The average Bonchev–Trinajstić information content (AvgIpc) is 2.58. The van der Waals surface area contributed by atoms with E-state index in [4.69, 9.17) is 4.74 Å². The SMILES string of the molecule is CCOc1ccc(CN2CCC(N3CCCCC3)CC2)cc1. The van der Waals surface area contributed by atoms with Gasteiger partial charge in [0.1, 0.15) is 5.75 Å². The number of ether oxygens (including phenoxy) is 1. The summed E-state index contributed by atoms with van der Waals surface area (Å²) in [5.41, 5.74) is 1.40. The quantitative estimate of drug-likeness (QED) is 0.827. The third-order valence-corrected chi connectivity index (χ3v) is 5.10. The number of hydrogen-bond donors (Lipinski definition) is 0. The Balaban J connectivity index is 1.45. The van der Waals surface area contributed by atoms with E-state index in [-0.39, 0.29) is 0 Å². The summed E-state index contributed by atoms with van der Waals surface area (Å²) in [5, 5.41) is 0. The zero-order valence-corrected chi connectivity index (χ0v) is 14.0. The van der Waals surface area contributed by atoms with Crippen molar-refractivity contribution in [3.63, 3.8) is 0 Å². The van der Waals surface area contributed by atoms with Crippen molar-refractivity contribution >= 4 is 0 Å². The molecule has 2 aliphatic heterocycles. The molecule has 2 aliphatic rings. The van der Waals surface area contributed by atoms with Crippen molar-refractivity contribution in [2.45, 2.75) is 51.6 Å². The summed E-state index contributed by atoms with van der Waals surface area (Å²) < 4.78 is 5.51. The first-order chi connectivity index (χ1) is 10.8. The van der Waals surface area contributed by atoms with Gasteiger partial charge < -0.3 is 9.64 Å². The molecule has 0 radical (unpaired) electrons. The van der Waals surface area contributed by atoms with Crippen LogP contribution in [0.5, 0.6) is 5.75 Å². The van der Waals surface area contributed by atoms with Crippen molar-refractivity contribution in [3.05, 3.63) is 29.8 Å². The van der Waals surface area contributed by atoms with Crippen molar-refractivity contribution < 1.29 is 4.74 Å². The number of hydrogen-bond acceptors (Lipinski definition) is 3. The standard InChI is InChI=1S/C19H30N2O/c1-2-22-19-8-6-17(7-9-19)16-20-14-10-18(11-15-20)21-12-4-3-5-13-21/h6-9,18H,2-5,10-16H2,1H3. The molecule has 3 nitrogen and oxygen atoms in total. The smallest absolute Gasteiger partial charge is 0.119 e. The maximum absolute atomic E-state index is 5.51. The lowest BCUT2D eigenvalue weighted by Crippen LogP contribution is -2.46. The summed E-state index contributed by atoms with van der Waals surface area (Å²) in [5.74, 6) is 0.982. The lowest BCUT2D eigenvalue weighted by atomic mass is 9.99. The van der Waals surface area contributed by atoms with E-state index in [0.717, 1.165) is 24.9 Å². The highest BCUT2D eigenvalue weighted by molar-refractivity contribution is 5.27. The van der Waals surface area contributed by atoms with Crippen molar-refractivity contribution in [2.24, 2.45) is 0 Å². The van der Waals surface area contributed by atoms with Crippen LogP contribution in [0.15, 0.2) is 24.3 Å². The van der Waals surface area contributed by atoms with E-state index in [1.807, 2.05) is 6.92 Å². The summed E-state index contributed by atoms with van der Waals surface area (Å²) in [6, 6.07) is 9.46. The van der Waals surface area contributed by atoms with Gasteiger partial charge in [-0.3, -0.25) is 4.90 Å². The molecule has 3 heteroatoms. The van der Waals surface area contributed by atoms with Crippen LogP contribution in [0.25, 0.3) is 0 Å². The van der Waals surface area contributed by atoms with Crippen molar-refractivity contribution in [2.75, 3.05) is 32.8 Å². The third-order valence-electron chi connectivity index (χ3n) is 5.10. The fraction of sp³-hybridized carbons (Fsp3) is 0.684. The molecule has 0 atom stereocenters. The fourth-order valence-corrected chi connectivity index (χ4v) is 3.84. The summed E-state index contributed by atoms with van der Waals surface area (Å²) in [4.78, 5) is 5.36. The van der Waals surface area contributed by atoms with Crippen LogP contribution >= 0.6 is 0 Å². The summed E-state index contributed by atoms with van der Waals surface area (Å²) >= 11 is 0. The largest absolute Gasteiger partial charge is 0.494 e. The topological polar surface area (TPSA) is 15.7 Å². The number of likely N-dealkylation sites (tertiary alicyclic amines) is 2. The molecular formula is C19H30N2O. The normalized spacial score (nSPS) is 21.9. The molecule has 2 fully saturated rings. The molecule has 1 aromatic rings. The van der Waals surface area contributed by atoms with Crippen molar-refractivity contribution in [1.82, 2.24) is 9.80 Å². The Bertz CT molecular complexity index is 431. The fourth-order valence-electron chi connectivity index (χ4n) is 3.84. The molecule has 0 spiro atoms. The third kappa shape index (κ3) is 4.23. The van der Waals surface area contributed by atoms with Crippen LogP contribution in [0.1, 0.15) is 44.6 Å². The minimum Gasteiger partial charge on any atom is -0.494 e. The van der Waals surface area contributed by atoms with Gasteiger partial charge in [0.05, 0.1) is 6.61 Å². The zero-order chi connectivity index (χ0) is 15.2. The van der Waals surface area contributed by atoms with E-state index in [9.17, 15) is 0 Å². The van der Waals surface area contributed by atoms with Gasteiger partial charge in [0.15, 0.2) is 0 Å². The highest BCUT2D eigenvalue weighted by atomic mass is 16.5. The molecule has 22 heavy (non-hydrogen) atoms. The van der Waals surface area contributed by atoms with Crippen LogP contribution in [0.4, 0.5) is 0 Å². The molecule has 0 saturated carbocycles. The molecule has 3 rings (SSSR count). The Kier molecular flexibility index (Phi) is 5.74. The van der Waals surface area contributed by atoms with Crippen LogP contribution in [0.3, 0.4) is 0 Å². The van der Waals surface area contributed by atoms with Gasteiger partial charge in [-0.05, 0) is 76.5 Å². The van der Waals surface area contributed by atoms with Crippen molar-refractivity contribution in [3.8, 4) is 5.75 Å². The second-order valence-corrected chi connectivity index (χ2v) is 6.68. The maximum Gasteiger partial charge on any atom is 0.119 e. The number of piperidine rings is 2.